The van der Waals surface area contributed by atoms with E-state index in [1.807, 2.05) is 19.1 Å². The number of nitrogens with zero attached hydrogens (tertiary/aromatic N) is 1. The van der Waals surface area contributed by atoms with Crippen LogP contribution >= 0.6 is 0 Å². The number of amides is 1. The maximum absolute atomic E-state index is 12.1. The van der Waals surface area contributed by atoms with Gasteiger partial charge in [-0.25, -0.2) is 4.98 Å². The van der Waals surface area contributed by atoms with Gasteiger partial charge in [0.15, 0.2) is 0 Å². The van der Waals surface area contributed by atoms with Gasteiger partial charge in [0.1, 0.15) is 5.82 Å². The van der Waals surface area contributed by atoms with E-state index < -0.39 is 0 Å². The summed E-state index contributed by atoms with van der Waals surface area (Å²) in [6, 6.07) is 10.7. The molecule has 92 valence electrons. The fourth-order valence-electron chi connectivity index (χ4n) is 1.60. The highest BCUT2D eigenvalue weighted by Gasteiger charge is 2.11. The zero-order valence-electron chi connectivity index (χ0n) is 9.97. The van der Waals surface area contributed by atoms with Gasteiger partial charge in [-0.05, 0) is 30.7 Å². The molecule has 18 heavy (non-hydrogen) atoms. The predicted molar refractivity (Wildman–Crippen MR) is 71.2 cm³/mol. The molecule has 0 saturated heterocycles. The van der Waals surface area contributed by atoms with Crippen molar-refractivity contribution in [2.75, 3.05) is 10.7 Å². The summed E-state index contributed by atoms with van der Waals surface area (Å²) in [4.78, 5) is 16.2. The molecule has 4 N–H and O–H groups in total. The molecule has 0 radical (unpaired) electrons. The molecule has 0 aliphatic rings. The van der Waals surface area contributed by atoms with E-state index in [1.165, 1.54) is 0 Å². The standard InChI is InChI=1S/C13H14N4O/c1-9-5-4-8-15-12(9)16-13(18)10-6-2-3-7-11(10)17-14/h2-8,17H,14H2,1H3,(H,15,16,18). The molecule has 1 amide bonds. The maximum atomic E-state index is 12.1. The average molecular weight is 242 g/mol. The van der Waals surface area contributed by atoms with Crippen molar-refractivity contribution in [3.8, 4) is 0 Å². The van der Waals surface area contributed by atoms with Crippen LogP contribution in [0.2, 0.25) is 0 Å². The van der Waals surface area contributed by atoms with E-state index in [1.54, 1.807) is 30.5 Å². The summed E-state index contributed by atoms with van der Waals surface area (Å²) in [5, 5.41) is 2.76. The summed E-state index contributed by atoms with van der Waals surface area (Å²) in [7, 11) is 0. The fraction of sp³-hybridized carbons (Fsp3) is 0.0769. The van der Waals surface area contributed by atoms with Gasteiger partial charge in [0, 0.05) is 6.20 Å². The number of para-hydroxylation sites is 1. The SMILES string of the molecule is Cc1cccnc1NC(=O)c1ccccc1NN. The number of anilines is 2. The third-order valence-electron chi connectivity index (χ3n) is 2.57. The third-order valence-corrected chi connectivity index (χ3v) is 2.57. The van der Waals surface area contributed by atoms with Crippen LogP contribution < -0.4 is 16.6 Å². The number of carbonyl (C=O) groups excluding carboxylic acids is 1. The number of hydrazine groups is 1. The molecule has 2 aromatic rings. The topological polar surface area (TPSA) is 80.0 Å². The molecule has 1 aromatic carbocycles. The van der Waals surface area contributed by atoms with Gasteiger partial charge >= 0.3 is 0 Å². The van der Waals surface area contributed by atoms with Crippen LogP contribution in [0.4, 0.5) is 11.5 Å². The monoisotopic (exact) mass is 242 g/mol. The quantitative estimate of drug-likeness (QED) is 0.567. The Morgan fingerprint density at radius 3 is 2.72 bits per heavy atom. The molecule has 0 saturated carbocycles. The summed E-state index contributed by atoms with van der Waals surface area (Å²) in [6.45, 7) is 1.88. The summed E-state index contributed by atoms with van der Waals surface area (Å²) in [6.07, 6.45) is 1.63. The molecular formula is C13H14N4O. The summed E-state index contributed by atoms with van der Waals surface area (Å²) >= 11 is 0. The van der Waals surface area contributed by atoms with Crippen LogP contribution in [0.25, 0.3) is 0 Å². The maximum Gasteiger partial charge on any atom is 0.258 e. The Balaban J connectivity index is 2.25. The lowest BCUT2D eigenvalue weighted by Crippen LogP contribution is -2.18. The van der Waals surface area contributed by atoms with Crippen molar-refractivity contribution in [3.63, 3.8) is 0 Å². The van der Waals surface area contributed by atoms with E-state index in [9.17, 15) is 4.79 Å². The predicted octanol–water partition coefficient (Wildman–Crippen LogP) is 1.93. The van der Waals surface area contributed by atoms with E-state index in [2.05, 4.69) is 15.7 Å². The van der Waals surface area contributed by atoms with E-state index in [-0.39, 0.29) is 5.91 Å². The molecular weight excluding hydrogens is 228 g/mol. The number of carbonyl (C=O) groups is 1. The largest absolute Gasteiger partial charge is 0.323 e. The van der Waals surface area contributed by atoms with Crippen molar-refractivity contribution in [2.45, 2.75) is 6.92 Å². The molecule has 1 aromatic heterocycles. The van der Waals surface area contributed by atoms with E-state index in [0.29, 0.717) is 17.1 Å². The second kappa shape index (κ2) is 5.29. The van der Waals surface area contributed by atoms with Crippen LogP contribution in [0.15, 0.2) is 42.6 Å². The minimum atomic E-state index is -0.245. The van der Waals surface area contributed by atoms with Gasteiger partial charge < -0.3 is 10.7 Å². The molecule has 5 nitrogen and oxygen atoms in total. The molecule has 0 spiro atoms. The van der Waals surface area contributed by atoms with Crippen molar-refractivity contribution in [3.05, 3.63) is 53.7 Å². The first-order valence-corrected chi connectivity index (χ1v) is 5.51. The van der Waals surface area contributed by atoms with Crippen LogP contribution in [-0.2, 0) is 0 Å². The summed E-state index contributed by atoms with van der Waals surface area (Å²) in [5.74, 6) is 5.67. The van der Waals surface area contributed by atoms with E-state index in [4.69, 9.17) is 5.84 Å². The Bertz CT molecular complexity index is 568. The van der Waals surface area contributed by atoms with Crippen molar-refractivity contribution < 1.29 is 4.79 Å². The molecule has 0 aliphatic carbocycles. The third kappa shape index (κ3) is 2.46. The number of aromatic nitrogens is 1. The van der Waals surface area contributed by atoms with Gasteiger partial charge in [-0.1, -0.05) is 18.2 Å². The van der Waals surface area contributed by atoms with Gasteiger partial charge in [0.2, 0.25) is 0 Å². The second-order valence-corrected chi connectivity index (χ2v) is 3.81. The van der Waals surface area contributed by atoms with Crippen molar-refractivity contribution in [2.24, 2.45) is 5.84 Å². The fourth-order valence-corrected chi connectivity index (χ4v) is 1.60. The van der Waals surface area contributed by atoms with E-state index in [0.717, 1.165) is 5.56 Å². The lowest BCUT2D eigenvalue weighted by molar-refractivity contribution is 0.102. The number of hydrogen-bond acceptors (Lipinski definition) is 4. The molecule has 0 unspecified atom stereocenters. The summed E-state index contributed by atoms with van der Waals surface area (Å²) < 4.78 is 0. The van der Waals surface area contributed by atoms with Crippen molar-refractivity contribution in [1.82, 2.24) is 4.98 Å². The molecule has 2 rings (SSSR count). The Kier molecular flexibility index (Phi) is 3.54. The minimum absolute atomic E-state index is 0.245. The van der Waals surface area contributed by atoms with E-state index >= 15 is 0 Å². The Morgan fingerprint density at radius 2 is 2.00 bits per heavy atom. The highest BCUT2D eigenvalue weighted by molar-refractivity contribution is 6.07. The smallest absolute Gasteiger partial charge is 0.258 e. The number of rotatable bonds is 3. The van der Waals surface area contributed by atoms with Crippen LogP contribution in [0.3, 0.4) is 0 Å². The van der Waals surface area contributed by atoms with Gasteiger partial charge in [0.25, 0.3) is 5.91 Å². The Labute approximate surface area is 105 Å². The minimum Gasteiger partial charge on any atom is -0.323 e. The first-order valence-electron chi connectivity index (χ1n) is 5.51. The number of nitrogens with one attached hydrogen (secondary N) is 2. The van der Waals surface area contributed by atoms with Crippen molar-refractivity contribution >= 4 is 17.4 Å². The average Bonchev–Trinajstić information content (AvgIpc) is 2.41. The zero-order chi connectivity index (χ0) is 13.0. The normalized spacial score (nSPS) is 9.89. The lowest BCUT2D eigenvalue weighted by atomic mass is 10.1. The van der Waals surface area contributed by atoms with Gasteiger partial charge in [-0.15, -0.1) is 0 Å². The summed E-state index contributed by atoms with van der Waals surface area (Å²) in [5.41, 5.74) is 4.45. The molecule has 5 heteroatoms. The number of pyridine rings is 1. The van der Waals surface area contributed by atoms with Crippen LogP contribution in [0.5, 0.6) is 0 Å². The Morgan fingerprint density at radius 1 is 1.22 bits per heavy atom. The molecule has 0 bridgehead atoms. The molecule has 1 heterocycles. The first kappa shape index (κ1) is 12.1. The second-order valence-electron chi connectivity index (χ2n) is 3.81. The molecule has 0 aliphatic heterocycles. The number of benzene rings is 1. The Hall–Kier alpha value is -2.40. The van der Waals surface area contributed by atoms with Crippen molar-refractivity contribution in [1.29, 1.82) is 0 Å². The number of hydrogen-bond donors (Lipinski definition) is 3. The number of aryl methyl sites for hydroxylation is 1. The zero-order valence-corrected chi connectivity index (χ0v) is 9.97. The first-order chi connectivity index (χ1) is 8.72. The van der Waals surface area contributed by atoms with Crippen LogP contribution in [-0.4, -0.2) is 10.9 Å². The lowest BCUT2D eigenvalue weighted by Gasteiger charge is -2.10. The number of nitrogen functional groups attached to an aromatic ring is 1. The number of nitrogens with two attached hydrogens (primary N) is 1. The van der Waals surface area contributed by atoms with Crippen LogP contribution in [0, 0.1) is 6.92 Å². The highest BCUT2D eigenvalue weighted by Crippen LogP contribution is 2.16. The van der Waals surface area contributed by atoms with Gasteiger partial charge in [0.05, 0.1) is 11.3 Å². The van der Waals surface area contributed by atoms with Crippen LogP contribution in [0.1, 0.15) is 15.9 Å². The molecule has 0 fully saturated rings. The highest BCUT2D eigenvalue weighted by atomic mass is 16.1. The van der Waals surface area contributed by atoms with Gasteiger partial charge in [-0.3, -0.25) is 10.6 Å². The molecule has 0 atom stereocenters. The van der Waals surface area contributed by atoms with Gasteiger partial charge in [-0.2, -0.15) is 0 Å².